The summed E-state index contributed by atoms with van der Waals surface area (Å²) < 4.78 is 27.4. The van der Waals surface area contributed by atoms with Gasteiger partial charge in [0.25, 0.3) is 0 Å². The molecule has 23 heavy (non-hydrogen) atoms. The van der Waals surface area contributed by atoms with Crippen LogP contribution in [0.1, 0.15) is 19.4 Å². The lowest BCUT2D eigenvalue weighted by Gasteiger charge is -2.22. The van der Waals surface area contributed by atoms with Crippen molar-refractivity contribution in [3.05, 3.63) is 29.8 Å². The molecule has 0 aliphatic carbocycles. The standard InChI is InChI=1S/C15H26N4O3S/c1-4-17-15(18-10-11-23(16,20)21)19(3)12-13-6-8-14(9-7-13)22-5-2/h6-9H,4-5,10-12H2,1-3H3,(H,17,18)(H2,16,20,21). The Labute approximate surface area is 138 Å². The molecule has 0 heterocycles. The molecule has 0 bridgehead atoms. The Bertz CT molecular complexity index is 600. The lowest BCUT2D eigenvalue weighted by atomic mass is 10.2. The summed E-state index contributed by atoms with van der Waals surface area (Å²) in [6, 6.07) is 7.85. The zero-order chi connectivity index (χ0) is 17.3. The number of benzene rings is 1. The molecule has 1 aromatic carbocycles. The highest BCUT2D eigenvalue weighted by Crippen LogP contribution is 2.13. The number of hydrogen-bond acceptors (Lipinski definition) is 4. The normalized spacial score (nSPS) is 12.1. The van der Waals surface area contributed by atoms with Crippen LogP contribution in [0.5, 0.6) is 5.75 Å². The van der Waals surface area contributed by atoms with Gasteiger partial charge in [0.1, 0.15) is 5.75 Å². The minimum atomic E-state index is -3.50. The van der Waals surface area contributed by atoms with E-state index in [1.54, 1.807) is 0 Å². The van der Waals surface area contributed by atoms with Crippen molar-refractivity contribution in [2.45, 2.75) is 20.4 Å². The van der Waals surface area contributed by atoms with Crippen molar-refractivity contribution < 1.29 is 13.2 Å². The van der Waals surface area contributed by atoms with Crippen molar-refractivity contribution >= 4 is 16.0 Å². The average Bonchev–Trinajstić information content (AvgIpc) is 2.47. The molecule has 0 fully saturated rings. The van der Waals surface area contributed by atoms with Crippen LogP contribution < -0.4 is 15.2 Å². The lowest BCUT2D eigenvalue weighted by molar-refractivity contribution is 0.340. The van der Waals surface area contributed by atoms with E-state index in [-0.39, 0.29) is 12.3 Å². The molecule has 0 unspecified atom stereocenters. The van der Waals surface area contributed by atoms with Gasteiger partial charge in [-0.2, -0.15) is 0 Å². The Morgan fingerprint density at radius 3 is 2.48 bits per heavy atom. The van der Waals surface area contributed by atoms with Gasteiger partial charge in [-0.3, -0.25) is 4.99 Å². The molecule has 0 aliphatic rings. The number of guanidine groups is 1. The van der Waals surface area contributed by atoms with E-state index in [9.17, 15) is 8.42 Å². The van der Waals surface area contributed by atoms with Gasteiger partial charge in [0.05, 0.1) is 18.9 Å². The summed E-state index contributed by atoms with van der Waals surface area (Å²) in [4.78, 5) is 6.22. The minimum absolute atomic E-state index is 0.134. The van der Waals surface area contributed by atoms with Crippen LogP contribution >= 0.6 is 0 Å². The van der Waals surface area contributed by atoms with Crippen molar-refractivity contribution in [2.75, 3.05) is 32.5 Å². The Morgan fingerprint density at radius 2 is 1.96 bits per heavy atom. The first kappa shape index (κ1) is 19.2. The molecular weight excluding hydrogens is 316 g/mol. The summed E-state index contributed by atoms with van der Waals surface area (Å²) in [5.74, 6) is 1.32. The fourth-order valence-electron chi connectivity index (χ4n) is 1.95. The summed E-state index contributed by atoms with van der Waals surface area (Å²) >= 11 is 0. The van der Waals surface area contributed by atoms with Crippen LogP contribution in [0.25, 0.3) is 0 Å². The number of aliphatic imine (C=N–C) groups is 1. The van der Waals surface area contributed by atoms with Gasteiger partial charge < -0.3 is 15.0 Å². The van der Waals surface area contributed by atoms with E-state index in [2.05, 4.69) is 10.3 Å². The number of hydrogen-bond donors (Lipinski definition) is 2. The van der Waals surface area contributed by atoms with Gasteiger partial charge in [-0.15, -0.1) is 0 Å². The lowest BCUT2D eigenvalue weighted by Crippen LogP contribution is -2.39. The quantitative estimate of drug-likeness (QED) is 0.537. The van der Waals surface area contributed by atoms with Gasteiger partial charge in [-0.25, -0.2) is 13.6 Å². The molecule has 1 rings (SSSR count). The zero-order valence-electron chi connectivity index (χ0n) is 13.9. The highest BCUT2D eigenvalue weighted by molar-refractivity contribution is 7.89. The van der Waals surface area contributed by atoms with E-state index in [4.69, 9.17) is 9.88 Å². The molecule has 0 atom stereocenters. The van der Waals surface area contributed by atoms with E-state index in [1.807, 2.05) is 50.1 Å². The van der Waals surface area contributed by atoms with Crippen LogP contribution in [0.3, 0.4) is 0 Å². The second-order valence-corrected chi connectivity index (χ2v) is 6.77. The maximum atomic E-state index is 11.0. The van der Waals surface area contributed by atoms with Crippen LogP contribution in [0, 0.1) is 0 Å². The first-order chi connectivity index (χ1) is 10.9. The van der Waals surface area contributed by atoms with Crippen LogP contribution in [0.2, 0.25) is 0 Å². The molecule has 0 aromatic heterocycles. The second kappa shape index (κ2) is 9.36. The van der Waals surface area contributed by atoms with Crippen LogP contribution in [0.4, 0.5) is 0 Å². The van der Waals surface area contributed by atoms with Gasteiger partial charge in [-0.1, -0.05) is 12.1 Å². The van der Waals surface area contributed by atoms with Crippen molar-refractivity contribution in [3.8, 4) is 5.75 Å². The van der Waals surface area contributed by atoms with Gasteiger partial charge in [0.15, 0.2) is 5.96 Å². The Kier molecular flexibility index (Phi) is 7.84. The highest BCUT2D eigenvalue weighted by Gasteiger charge is 2.08. The Morgan fingerprint density at radius 1 is 1.30 bits per heavy atom. The third kappa shape index (κ3) is 7.85. The number of nitrogens with one attached hydrogen (secondary N) is 1. The summed E-state index contributed by atoms with van der Waals surface area (Å²) in [5, 5.41) is 8.13. The topological polar surface area (TPSA) is 97.0 Å². The fraction of sp³-hybridized carbons (Fsp3) is 0.533. The maximum absolute atomic E-state index is 11.0. The zero-order valence-corrected chi connectivity index (χ0v) is 14.8. The average molecular weight is 342 g/mol. The second-order valence-electron chi connectivity index (χ2n) is 5.04. The maximum Gasteiger partial charge on any atom is 0.210 e. The van der Waals surface area contributed by atoms with Crippen molar-refractivity contribution in [2.24, 2.45) is 10.1 Å². The minimum Gasteiger partial charge on any atom is -0.494 e. The monoisotopic (exact) mass is 342 g/mol. The van der Waals surface area contributed by atoms with E-state index < -0.39 is 10.0 Å². The van der Waals surface area contributed by atoms with E-state index in [0.29, 0.717) is 25.7 Å². The predicted octanol–water partition coefficient (Wildman–Crippen LogP) is 0.771. The molecule has 7 nitrogen and oxygen atoms in total. The molecular formula is C15H26N4O3S. The van der Waals surface area contributed by atoms with Crippen molar-refractivity contribution in [1.29, 1.82) is 0 Å². The van der Waals surface area contributed by atoms with Crippen LogP contribution in [-0.4, -0.2) is 51.8 Å². The smallest absolute Gasteiger partial charge is 0.210 e. The first-order valence-electron chi connectivity index (χ1n) is 7.57. The molecule has 8 heteroatoms. The highest BCUT2D eigenvalue weighted by atomic mass is 32.2. The molecule has 0 radical (unpaired) electrons. The Balaban J connectivity index is 2.69. The van der Waals surface area contributed by atoms with Crippen LogP contribution in [-0.2, 0) is 16.6 Å². The summed E-state index contributed by atoms with van der Waals surface area (Å²) in [6.07, 6.45) is 0. The third-order valence-electron chi connectivity index (χ3n) is 2.99. The molecule has 1 aromatic rings. The SMILES string of the molecule is CCNC(=NCCS(N)(=O)=O)N(C)Cc1ccc(OCC)cc1. The molecule has 3 N–H and O–H groups in total. The van der Waals surface area contributed by atoms with Gasteiger partial charge in [0.2, 0.25) is 10.0 Å². The van der Waals surface area contributed by atoms with E-state index >= 15 is 0 Å². The third-order valence-corrected chi connectivity index (χ3v) is 3.74. The van der Waals surface area contributed by atoms with Gasteiger partial charge in [0, 0.05) is 20.1 Å². The van der Waals surface area contributed by atoms with E-state index in [1.165, 1.54) is 0 Å². The summed E-state index contributed by atoms with van der Waals surface area (Å²) in [6.45, 7) is 6.02. The first-order valence-corrected chi connectivity index (χ1v) is 9.29. The summed E-state index contributed by atoms with van der Waals surface area (Å²) in [7, 11) is -1.60. The molecule has 130 valence electrons. The number of nitrogens with zero attached hydrogens (tertiary/aromatic N) is 2. The van der Waals surface area contributed by atoms with Crippen molar-refractivity contribution in [1.82, 2.24) is 10.2 Å². The molecule has 0 saturated carbocycles. The molecule has 0 spiro atoms. The molecule has 0 amide bonds. The summed E-state index contributed by atoms with van der Waals surface area (Å²) in [5.41, 5.74) is 1.10. The predicted molar refractivity (Wildman–Crippen MR) is 93.0 cm³/mol. The fourth-order valence-corrected chi connectivity index (χ4v) is 2.30. The molecule has 0 saturated heterocycles. The number of nitrogens with two attached hydrogens (primary N) is 1. The van der Waals surface area contributed by atoms with E-state index in [0.717, 1.165) is 11.3 Å². The van der Waals surface area contributed by atoms with Crippen molar-refractivity contribution in [3.63, 3.8) is 0 Å². The molecule has 0 aliphatic heterocycles. The Hall–Kier alpha value is -1.80. The number of primary sulfonamides is 1. The number of ether oxygens (including phenoxy) is 1. The van der Waals surface area contributed by atoms with Gasteiger partial charge >= 0.3 is 0 Å². The number of rotatable bonds is 8. The van der Waals surface area contributed by atoms with Crippen LogP contribution in [0.15, 0.2) is 29.3 Å². The number of sulfonamides is 1. The largest absolute Gasteiger partial charge is 0.494 e. The van der Waals surface area contributed by atoms with Gasteiger partial charge in [-0.05, 0) is 31.5 Å².